The predicted octanol–water partition coefficient (Wildman–Crippen LogP) is 2.04. The van der Waals surface area contributed by atoms with E-state index in [2.05, 4.69) is 0 Å². The van der Waals surface area contributed by atoms with Crippen LogP contribution >= 0.6 is 0 Å². The zero-order valence-corrected chi connectivity index (χ0v) is 11.1. The number of likely N-dealkylation sites (N-methyl/N-ethyl adjacent to an activating group) is 1. The number of carbonyl (C=O) groups is 1. The van der Waals surface area contributed by atoms with E-state index < -0.39 is 0 Å². The second-order valence-electron chi connectivity index (χ2n) is 4.73. The van der Waals surface area contributed by atoms with Crippen molar-refractivity contribution in [3.8, 4) is 11.5 Å². The smallest absolute Gasteiger partial charge is 0.161 e. The van der Waals surface area contributed by atoms with Crippen molar-refractivity contribution in [2.75, 3.05) is 27.3 Å². The maximum Gasteiger partial charge on any atom is 0.161 e. The topological polar surface area (TPSA) is 38.8 Å². The Labute approximate surface area is 107 Å². The van der Waals surface area contributed by atoms with Crippen molar-refractivity contribution in [3.63, 3.8) is 0 Å². The van der Waals surface area contributed by atoms with Crippen LogP contribution in [0.1, 0.15) is 24.9 Å². The quantitative estimate of drug-likeness (QED) is 0.821. The maximum atomic E-state index is 11.7. The fraction of sp³-hybridized carbons (Fsp3) is 0.500. The molecule has 2 rings (SSSR count). The Morgan fingerprint density at radius 3 is 2.50 bits per heavy atom. The van der Waals surface area contributed by atoms with Crippen molar-refractivity contribution in [1.82, 2.24) is 4.90 Å². The molecule has 1 heterocycles. The molecular weight excluding hydrogens is 230 g/mol. The van der Waals surface area contributed by atoms with Crippen LogP contribution < -0.4 is 9.47 Å². The number of nitrogens with zero attached hydrogens (tertiary/aromatic N) is 1. The summed E-state index contributed by atoms with van der Waals surface area (Å²) in [5.41, 5.74) is 0.941. The number of Topliss-reactive ketones (excluding diaryl/α,β-unsaturated/α-hetero) is 1. The molecule has 0 N–H and O–H groups in total. The van der Waals surface area contributed by atoms with Gasteiger partial charge in [-0.2, -0.15) is 0 Å². The van der Waals surface area contributed by atoms with Gasteiger partial charge in [0.25, 0.3) is 0 Å². The Kier molecular flexibility index (Phi) is 3.87. The molecule has 0 radical (unpaired) electrons. The number of rotatable bonds is 3. The third kappa shape index (κ3) is 2.64. The summed E-state index contributed by atoms with van der Waals surface area (Å²) in [6.07, 6.45) is 0.883. The molecule has 1 atom stereocenters. The standard InChI is InChI=1S/C14H19NO3/c1-10(16)14(15(2)3)11-5-6-12-13(9-11)18-8-4-7-17-12/h5-6,9,14H,4,7-8H2,1-3H3. The average molecular weight is 249 g/mol. The molecule has 98 valence electrons. The number of hydrogen-bond donors (Lipinski definition) is 0. The third-order valence-corrected chi connectivity index (χ3v) is 2.99. The summed E-state index contributed by atoms with van der Waals surface area (Å²) in [6.45, 7) is 2.94. The van der Waals surface area contributed by atoms with Gasteiger partial charge >= 0.3 is 0 Å². The van der Waals surface area contributed by atoms with E-state index in [1.807, 2.05) is 37.2 Å². The van der Waals surface area contributed by atoms with Crippen molar-refractivity contribution in [2.24, 2.45) is 0 Å². The molecule has 0 bridgehead atoms. The zero-order valence-electron chi connectivity index (χ0n) is 11.1. The first-order valence-corrected chi connectivity index (χ1v) is 6.16. The molecule has 0 fully saturated rings. The number of fused-ring (bicyclic) bond motifs is 1. The molecule has 4 nitrogen and oxygen atoms in total. The van der Waals surface area contributed by atoms with Gasteiger partial charge in [-0.05, 0) is 38.7 Å². The van der Waals surface area contributed by atoms with Crippen LogP contribution in [-0.2, 0) is 4.79 Å². The third-order valence-electron chi connectivity index (χ3n) is 2.99. The van der Waals surface area contributed by atoms with Gasteiger partial charge in [-0.15, -0.1) is 0 Å². The fourth-order valence-corrected chi connectivity index (χ4v) is 2.25. The molecule has 1 aliphatic rings. The second kappa shape index (κ2) is 5.40. The number of ketones is 1. The fourth-order valence-electron chi connectivity index (χ4n) is 2.25. The summed E-state index contributed by atoms with van der Waals surface area (Å²) < 4.78 is 11.2. The predicted molar refractivity (Wildman–Crippen MR) is 69.2 cm³/mol. The first-order valence-electron chi connectivity index (χ1n) is 6.16. The summed E-state index contributed by atoms with van der Waals surface area (Å²) in [5.74, 6) is 1.62. The van der Waals surface area contributed by atoms with Crippen molar-refractivity contribution >= 4 is 5.78 Å². The molecule has 0 aliphatic carbocycles. The normalized spacial score (nSPS) is 16.2. The SMILES string of the molecule is CC(=O)C(c1ccc2c(c1)OCCCO2)N(C)C. The first-order chi connectivity index (χ1) is 8.59. The van der Waals surface area contributed by atoms with Crippen LogP contribution in [0.15, 0.2) is 18.2 Å². The van der Waals surface area contributed by atoms with Gasteiger partial charge in [0, 0.05) is 6.42 Å². The van der Waals surface area contributed by atoms with E-state index in [1.54, 1.807) is 6.92 Å². The molecule has 0 saturated heterocycles. The lowest BCUT2D eigenvalue weighted by molar-refractivity contribution is -0.121. The van der Waals surface area contributed by atoms with Gasteiger partial charge in [-0.25, -0.2) is 0 Å². The van der Waals surface area contributed by atoms with Gasteiger partial charge in [0.15, 0.2) is 17.3 Å². The average Bonchev–Trinajstić information content (AvgIpc) is 2.52. The Morgan fingerprint density at radius 2 is 1.89 bits per heavy atom. The Balaban J connectivity index is 2.34. The summed E-state index contributed by atoms with van der Waals surface area (Å²) in [4.78, 5) is 13.6. The Hall–Kier alpha value is -1.55. The van der Waals surface area contributed by atoms with Crippen molar-refractivity contribution in [3.05, 3.63) is 23.8 Å². The summed E-state index contributed by atoms with van der Waals surface area (Å²) in [5, 5.41) is 0. The highest BCUT2D eigenvalue weighted by atomic mass is 16.5. The lowest BCUT2D eigenvalue weighted by atomic mass is 10.0. The zero-order chi connectivity index (χ0) is 13.1. The van der Waals surface area contributed by atoms with E-state index >= 15 is 0 Å². The second-order valence-corrected chi connectivity index (χ2v) is 4.73. The van der Waals surface area contributed by atoms with Crippen LogP contribution in [0.25, 0.3) is 0 Å². The molecule has 0 saturated carbocycles. The van der Waals surface area contributed by atoms with Gasteiger partial charge < -0.3 is 9.47 Å². The number of hydrogen-bond acceptors (Lipinski definition) is 4. The number of benzene rings is 1. The molecule has 0 aromatic heterocycles. The van der Waals surface area contributed by atoms with E-state index in [-0.39, 0.29) is 11.8 Å². The molecule has 1 aromatic rings. The lowest BCUT2D eigenvalue weighted by Crippen LogP contribution is -2.25. The van der Waals surface area contributed by atoms with Crippen LogP contribution in [-0.4, -0.2) is 38.0 Å². The number of ether oxygens (including phenoxy) is 2. The minimum absolute atomic E-state index is 0.120. The first kappa shape index (κ1) is 12.9. The van der Waals surface area contributed by atoms with Crippen LogP contribution in [0.2, 0.25) is 0 Å². The van der Waals surface area contributed by atoms with Crippen molar-refractivity contribution in [1.29, 1.82) is 0 Å². The van der Waals surface area contributed by atoms with Crippen LogP contribution in [0.5, 0.6) is 11.5 Å². The van der Waals surface area contributed by atoms with Gasteiger partial charge in [-0.1, -0.05) is 6.07 Å². The molecule has 1 aromatic carbocycles. The molecule has 1 aliphatic heterocycles. The molecule has 4 heteroatoms. The highest BCUT2D eigenvalue weighted by Crippen LogP contribution is 2.33. The summed E-state index contributed by atoms with van der Waals surface area (Å²) in [7, 11) is 3.80. The van der Waals surface area contributed by atoms with Gasteiger partial charge in [0.2, 0.25) is 0 Å². The maximum absolute atomic E-state index is 11.7. The Bertz CT molecular complexity index is 443. The van der Waals surface area contributed by atoms with Crippen LogP contribution in [0.3, 0.4) is 0 Å². The van der Waals surface area contributed by atoms with Crippen molar-refractivity contribution in [2.45, 2.75) is 19.4 Å². The molecule has 1 unspecified atom stereocenters. The van der Waals surface area contributed by atoms with Gasteiger partial charge in [0.05, 0.1) is 19.3 Å². The molecule has 0 amide bonds. The lowest BCUT2D eigenvalue weighted by Gasteiger charge is -2.22. The van der Waals surface area contributed by atoms with E-state index in [9.17, 15) is 4.79 Å². The number of carbonyl (C=O) groups excluding carboxylic acids is 1. The van der Waals surface area contributed by atoms with E-state index in [4.69, 9.17) is 9.47 Å². The Morgan fingerprint density at radius 1 is 1.22 bits per heavy atom. The monoisotopic (exact) mass is 249 g/mol. The highest BCUT2D eigenvalue weighted by molar-refractivity contribution is 5.83. The van der Waals surface area contributed by atoms with E-state index in [0.29, 0.717) is 13.2 Å². The molecule has 0 spiro atoms. The largest absolute Gasteiger partial charge is 0.490 e. The minimum Gasteiger partial charge on any atom is -0.490 e. The summed E-state index contributed by atoms with van der Waals surface area (Å²) in [6, 6.07) is 5.49. The van der Waals surface area contributed by atoms with Gasteiger partial charge in [0.1, 0.15) is 0 Å². The molecule has 18 heavy (non-hydrogen) atoms. The van der Waals surface area contributed by atoms with E-state index in [1.165, 1.54) is 0 Å². The highest BCUT2D eigenvalue weighted by Gasteiger charge is 2.21. The molecular formula is C14H19NO3. The van der Waals surface area contributed by atoms with Crippen LogP contribution in [0.4, 0.5) is 0 Å². The van der Waals surface area contributed by atoms with E-state index in [0.717, 1.165) is 23.5 Å². The minimum atomic E-state index is -0.234. The van der Waals surface area contributed by atoms with Crippen molar-refractivity contribution < 1.29 is 14.3 Å². The summed E-state index contributed by atoms with van der Waals surface area (Å²) >= 11 is 0. The van der Waals surface area contributed by atoms with Gasteiger partial charge in [-0.3, -0.25) is 9.69 Å². The van der Waals surface area contributed by atoms with Crippen LogP contribution in [0, 0.1) is 0 Å².